The van der Waals surface area contributed by atoms with Crippen LogP contribution >= 0.6 is 15.9 Å². The number of carbonyl (C=O) groups excluding carboxylic acids is 1. The molecule has 4 nitrogen and oxygen atoms in total. The van der Waals surface area contributed by atoms with Crippen LogP contribution in [0.2, 0.25) is 0 Å². The molecule has 1 aromatic carbocycles. The van der Waals surface area contributed by atoms with Crippen LogP contribution in [0, 0.1) is 6.92 Å². The summed E-state index contributed by atoms with van der Waals surface area (Å²) in [5.41, 5.74) is 6.80. The number of pyridine rings is 1. The fourth-order valence-corrected chi connectivity index (χ4v) is 2.05. The lowest BCUT2D eigenvalue weighted by Gasteiger charge is -2.13. The van der Waals surface area contributed by atoms with Gasteiger partial charge in [0.25, 0.3) is 5.91 Å². The van der Waals surface area contributed by atoms with Gasteiger partial charge >= 0.3 is 0 Å². The molecule has 0 aliphatic heterocycles. The van der Waals surface area contributed by atoms with E-state index in [-0.39, 0.29) is 0 Å². The van der Waals surface area contributed by atoms with Crippen LogP contribution in [0.3, 0.4) is 0 Å². The van der Waals surface area contributed by atoms with E-state index in [0.717, 1.165) is 21.1 Å². The van der Waals surface area contributed by atoms with Crippen LogP contribution in [0.25, 0.3) is 10.9 Å². The van der Waals surface area contributed by atoms with Gasteiger partial charge in [0, 0.05) is 15.6 Å². The quantitative estimate of drug-likeness (QED) is 0.947. The Balaban J connectivity index is 2.54. The van der Waals surface area contributed by atoms with Crippen molar-refractivity contribution in [3.05, 3.63) is 34.4 Å². The highest BCUT2D eigenvalue weighted by Crippen LogP contribution is 2.31. The van der Waals surface area contributed by atoms with E-state index in [2.05, 4.69) is 20.9 Å². The first-order chi connectivity index (χ1) is 8.49. The van der Waals surface area contributed by atoms with E-state index in [1.165, 1.54) is 0 Å². The lowest BCUT2D eigenvalue weighted by atomic mass is 10.2. The van der Waals surface area contributed by atoms with E-state index in [4.69, 9.17) is 10.5 Å². The molecule has 1 atom stereocenters. The highest BCUT2D eigenvalue weighted by Gasteiger charge is 2.14. The molecule has 0 aliphatic carbocycles. The summed E-state index contributed by atoms with van der Waals surface area (Å²) in [5.74, 6) is 0.0573. The monoisotopic (exact) mass is 308 g/mol. The molecule has 0 saturated heterocycles. The topological polar surface area (TPSA) is 65.2 Å². The molecule has 2 N–H and O–H groups in total. The average Bonchev–Trinajstić information content (AvgIpc) is 2.32. The van der Waals surface area contributed by atoms with Crippen molar-refractivity contribution in [2.24, 2.45) is 5.73 Å². The second-order valence-electron chi connectivity index (χ2n) is 4.06. The number of ether oxygens (including phenoxy) is 1. The number of rotatable bonds is 3. The van der Waals surface area contributed by atoms with E-state index in [1.54, 1.807) is 13.0 Å². The molecule has 0 aliphatic rings. The normalized spacial score (nSPS) is 12.4. The SMILES string of the molecule is Cc1ccc2c(Br)ccc(OC(C)C(N)=O)c2n1. The van der Waals surface area contributed by atoms with Crippen LogP contribution in [0.15, 0.2) is 28.7 Å². The Bertz CT molecular complexity index is 613. The second kappa shape index (κ2) is 4.94. The molecule has 0 saturated carbocycles. The third kappa shape index (κ3) is 2.46. The summed E-state index contributed by atoms with van der Waals surface area (Å²) in [5, 5.41) is 0.940. The molecule has 1 amide bonds. The first kappa shape index (κ1) is 12.8. The van der Waals surface area contributed by atoms with Crippen molar-refractivity contribution in [1.29, 1.82) is 0 Å². The number of hydrogen-bond donors (Lipinski definition) is 1. The number of fused-ring (bicyclic) bond motifs is 1. The third-order valence-electron chi connectivity index (χ3n) is 2.61. The van der Waals surface area contributed by atoms with E-state index in [0.29, 0.717) is 5.75 Å². The zero-order chi connectivity index (χ0) is 13.3. The molecule has 2 aromatic rings. The minimum Gasteiger partial charge on any atom is -0.479 e. The number of aryl methyl sites for hydroxylation is 1. The summed E-state index contributed by atoms with van der Waals surface area (Å²) in [6, 6.07) is 7.53. The predicted octanol–water partition coefficient (Wildman–Crippen LogP) is 2.56. The number of halogens is 1. The number of hydrogen-bond acceptors (Lipinski definition) is 3. The minimum atomic E-state index is -0.684. The summed E-state index contributed by atoms with van der Waals surface area (Å²) < 4.78 is 6.48. The Labute approximate surface area is 113 Å². The van der Waals surface area contributed by atoms with Crippen molar-refractivity contribution < 1.29 is 9.53 Å². The molecule has 5 heteroatoms. The zero-order valence-corrected chi connectivity index (χ0v) is 11.7. The molecule has 18 heavy (non-hydrogen) atoms. The van der Waals surface area contributed by atoms with Crippen LogP contribution in [0.4, 0.5) is 0 Å². The van der Waals surface area contributed by atoms with E-state index in [9.17, 15) is 4.79 Å². The second-order valence-corrected chi connectivity index (χ2v) is 4.91. The van der Waals surface area contributed by atoms with Crippen LogP contribution < -0.4 is 10.5 Å². The predicted molar refractivity (Wildman–Crippen MR) is 73.5 cm³/mol. The Morgan fingerprint density at radius 2 is 2.11 bits per heavy atom. The van der Waals surface area contributed by atoms with Gasteiger partial charge in [-0.3, -0.25) is 4.79 Å². The summed E-state index contributed by atoms with van der Waals surface area (Å²) >= 11 is 3.46. The van der Waals surface area contributed by atoms with Crippen molar-refractivity contribution in [2.75, 3.05) is 0 Å². The maximum Gasteiger partial charge on any atom is 0.258 e. The molecule has 0 fully saturated rings. The van der Waals surface area contributed by atoms with Gasteiger partial charge in [-0.25, -0.2) is 4.98 Å². The number of aromatic nitrogens is 1. The lowest BCUT2D eigenvalue weighted by Crippen LogP contribution is -2.30. The molecule has 0 bridgehead atoms. The largest absolute Gasteiger partial charge is 0.479 e. The maximum atomic E-state index is 11.0. The molecule has 94 valence electrons. The van der Waals surface area contributed by atoms with Crippen LogP contribution in [0.5, 0.6) is 5.75 Å². The van der Waals surface area contributed by atoms with Gasteiger partial charge in [0.2, 0.25) is 0 Å². The van der Waals surface area contributed by atoms with Gasteiger partial charge in [0.15, 0.2) is 6.10 Å². The first-order valence-electron chi connectivity index (χ1n) is 5.51. The smallest absolute Gasteiger partial charge is 0.258 e. The zero-order valence-electron chi connectivity index (χ0n) is 10.1. The molecule has 0 radical (unpaired) electrons. The van der Waals surface area contributed by atoms with E-state index < -0.39 is 12.0 Å². The maximum absolute atomic E-state index is 11.0. The van der Waals surface area contributed by atoms with Crippen molar-refractivity contribution >= 4 is 32.7 Å². The summed E-state index contributed by atoms with van der Waals surface area (Å²) in [4.78, 5) is 15.5. The molecule has 1 aromatic heterocycles. The summed E-state index contributed by atoms with van der Waals surface area (Å²) in [6.07, 6.45) is -0.684. The third-order valence-corrected chi connectivity index (χ3v) is 3.30. The molecular weight excluding hydrogens is 296 g/mol. The lowest BCUT2D eigenvalue weighted by molar-refractivity contribution is -0.123. The first-order valence-corrected chi connectivity index (χ1v) is 6.30. The Morgan fingerprint density at radius 1 is 1.39 bits per heavy atom. The van der Waals surface area contributed by atoms with Crippen LogP contribution in [0.1, 0.15) is 12.6 Å². The molecule has 2 rings (SSSR count). The van der Waals surface area contributed by atoms with Crippen molar-refractivity contribution in [2.45, 2.75) is 20.0 Å². The molecule has 0 spiro atoms. The van der Waals surface area contributed by atoms with Gasteiger partial charge in [0.05, 0.1) is 0 Å². The van der Waals surface area contributed by atoms with Gasteiger partial charge in [0.1, 0.15) is 11.3 Å². The van der Waals surface area contributed by atoms with Gasteiger partial charge in [-0.05, 0) is 38.1 Å². The van der Waals surface area contributed by atoms with E-state index >= 15 is 0 Å². The molecule has 1 heterocycles. The van der Waals surface area contributed by atoms with Crippen molar-refractivity contribution in [1.82, 2.24) is 4.98 Å². The van der Waals surface area contributed by atoms with Crippen molar-refractivity contribution in [3.8, 4) is 5.75 Å². The highest BCUT2D eigenvalue weighted by molar-refractivity contribution is 9.10. The standard InChI is InChI=1S/C13H13BrN2O2/c1-7-3-4-9-10(14)5-6-11(12(9)16-7)18-8(2)13(15)17/h3-6,8H,1-2H3,(H2,15,17). The number of benzene rings is 1. The Morgan fingerprint density at radius 3 is 2.78 bits per heavy atom. The van der Waals surface area contributed by atoms with E-state index in [1.807, 2.05) is 25.1 Å². The van der Waals surface area contributed by atoms with Gasteiger partial charge in [-0.2, -0.15) is 0 Å². The van der Waals surface area contributed by atoms with Gasteiger partial charge < -0.3 is 10.5 Å². The highest BCUT2D eigenvalue weighted by atomic mass is 79.9. The number of carbonyl (C=O) groups is 1. The number of nitrogens with zero attached hydrogens (tertiary/aromatic N) is 1. The number of amides is 1. The Hall–Kier alpha value is -1.62. The van der Waals surface area contributed by atoms with Crippen LogP contribution in [-0.4, -0.2) is 17.0 Å². The van der Waals surface area contributed by atoms with Gasteiger partial charge in [-0.1, -0.05) is 15.9 Å². The number of nitrogens with two attached hydrogens (primary N) is 1. The fraction of sp³-hybridized carbons (Fsp3) is 0.231. The minimum absolute atomic E-state index is 0.501. The van der Waals surface area contributed by atoms with Crippen molar-refractivity contribution in [3.63, 3.8) is 0 Å². The number of primary amides is 1. The average molecular weight is 309 g/mol. The molecule has 1 unspecified atom stereocenters. The Kier molecular flexibility index (Phi) is 3.52. The summed E-state index contributed by atoms with van der Waals surface area (Å²) in [7, 11) is 0. The molecular formula is C13H13BrN2O2. The van der Waals surface area contributed by atoms with Gasteiger partial charge in [-0.15, -0.1) is 0 Å². The fourth-order valence-electron chi connectivity index (χ4n) is 1.60. The summed E-state index contributed by atoms with van der Waals surface area (Å²) in [6.45, 7) is 3.52. The van der Waals surface area contributed by atoms with Crippen LogP contribution in [-0.2, 0) is 4.79 Å².